The normalized spacial score (nSPS) is 16.8. The Morgan fingerprint density at radius 1 is 1.36 bits per heavy atom. The van der Waals surface area contributed by atoms with Crippen LogP contribution in [0.3, 0.4) is 0 Å². The minimum atomic E-state index is -0.404. The van der Waals surface area contributed by atoms with Crippen molar-refractivity contribution in [1.29, 1.82) is 0 Å². The van der Waals surface area contributed by atoms with Gasteiger partial charge in [-0.2, -0.15) is 0 Å². The SMILES string of the molecule is CNc1cc(N2CCC[C@H]2CNC(=O)c2cc(F)ccc2C)ncn1. The summed E-state index contributed by atoms with van der Waals surface area (Å²) >= 11 is 0. The molecule has 1 aromatic heterocycles. The van der Waals surface area contributed by atoms with Crippen LogP contribution in [-0.2, 0) is 0 Å². The van der Waals surface area contributed by atoms with Crippen molar-refractivity contribution in [2.45, 2.75) is 25.8 Å². The zero-order valence-electron chi connectivity index (χ0n) is 14.4. The van der Waals surface area contributed by atoms with Crippen molar-refractivity contribution in [3.63, 3.8) is 0 Å². The van der Waals surface area contributed by atoms with Gasteiger partial charge in [-0.1, -0.05) is 6.07 Å². The number of carbonyl (C=O) groups excluding carboxylic acids is 1. The number of anilines is 2. The van der Waals surface area contributed by atoms with Gasteiger partial charge in [0.2, 0.25) is 0 Å². The van der Waals surface area contributed by atoms with Crippen LogP contribution >= 0.6 is 0 Å². The van der Waals surface area contributed by atoms with Crippen molar-refractivity contribution in [2.24, 2.45) is 0 Å². The largest absolute Gasteiger partial charge is 0.373 e. The van der Waals surface area contributed by atoms with E-state index in [1.165, 1.54) is 18.5 Å². The first-order valence-electron chi connectivity index (χ1n) is 8.39. The minimum Gasteiger partial charge on any atom is -0.373 e. The Balaban J connectivity index is 1.67. The maximum Gasteiger partial charge on any atom is 0.251 e. The summed E-state index contributed by atoms with van der Waals surface area (Å²) in [6, 6.07) is 6.32. The predicted octanol–water partition coefficient (Wildman–Crippen LogP) is 2.36. The molecule has 132 valence electrons. The van der Waals surface area contributed by atoms with Crippen LogP contribution in [0.4, 0.5) is 16.0 Å². The lowest BCUT2D eigenvalue weighted by atomic mass is 10.1. The number of amides is 1. The van der Waals surface area contributed by atoms with Gasteiger partial charge in [0.05, 0.1) is 0 Å². The van der Waals surface area contributed by atoms with Crippen LogP contribution in [0, 0.1) is 12.7 Å². The Hall–Kier alpha value is -2.70. The summed E-state index contributed by atoms with van der Waals surface area (Å²) in [7, 11) is 1.81. The van der Waals surface area contributed by atoms with Crippen LogP contribution in [0.1, 0.15) is 28.8 Å². The van der Waals surface area contributed by atoms with E-state index in [9.17, 15) is 9.18 Å². The Morgan fingerprint density at radius 3 is 3.00 bits per heavy atom. The first-order chi connectivity index (χ1) is 12.1. The molecule has 2 aromatic rings. The predicted molar refractivity (Wildman–Crippen MR) is 95.4 cm³/mol. The molecule has 0 radical (unpaired) electrons. The van der Waals surface area contributed by atoms with Gasteiger partial charge in [-0.05, 0) is 37.5 Å². The fraction of sp³-hybridized carbons (Fsp3) is 0.389. The van der Waals surface area contributed by atoms with Crippen molar-refractivity contribution in [1.82, 2.24) is 15.3 Å². The number of nitrogens with one attached hydrogen (secondary N) is 2. The summed E-state index contributed by atoms with van der Waals surface area (Å²) in [5.74, 6) is 0.953. The molecule has 1 atom stereocenters. The highest BCUT2D eigenvalue weighted by Gasteiger charge is 2.26. The third-order valence-corrected chi connectivity index (χ3v) is 4.52. The van der Waals surface area contributed by atoms with E-state index in [2.05, 4.69) is 25.5 Å². The maximum atomic E-state index is 13.4. The quantitative estimate of drug-likeness (QED) is 0.872. The second-order valence-electron chi connectivity index (χ2n) is 6.17. The van der Waals surface area contributed by atoms with E-state index in [4.69, 9.17) is 0 Å². The first kappa shape index (κ1) is 17.1. The third kappa shape index (κ3) is 3.87. The molecule has 0 saturated carbocycles. The highest BCUT2D eigenvalue weighted by Crippen LogP contribution is 2.24. The molecule has 1 aliphatic rings. The average Bonchev–Trinajstić information content (AvgIpc) is 3.10. The molecule has 0 aliphatic carbocycles. The van der Waals surface area contributed by atoms with Crippen molar-refractivity contribution in [3.05, 3.63) is 47.5 Å². The Morgan fingerprint density at radius 2 is 2.20 bits per heavy atom. The molecule has 2 heterocycles. The van der Waals surface area contributed by atoms with Crippen molar-refractivity contribution < 1.29 is 9.18 Å². The number of aromatic nitrogens is 2. The molecule has 1 amide bonds. The molecule has 0 unspecified atom stereocenters. The van der Waals surface area contributed by atoms with Crippen LogP contribution in [0.2, 0.25) is 0 Å². The summed E-state index contributed by atoms with van der Waals surface area (Å²) in [6.45, 7) is 3.18. The number of hydrogen-bond acceptors (Lipinski definition) is 5. The number of hydrogen-bond donors (Lipinski definition) is 2. The van der Waals surface area contributed by atoms with Gasteiger partial charge >= 0.3 is 0 Å². The zero-order chi connectivity index (χ0) is 17.8. The van der Waals surface area contributed by atoms with Crippen molar-refractivity contribution in [3.8, 4) is 0 Å². The summed E-state index contributed by atoms with van der Waals surface area (Å²) in [5, 5.41) is 5.94. The lowest BCUT2D eigenvalue weighted by molar-refractivity contribution is 0.0950. The van der Waals surface area contributed by atoms with Gasteiger partial charge in [0.1, 0.15) is 23.8 Å². The fourth-order valence-corrected chi connectivity index (χ4v) is 3.13. The van der Waals surface area contributed by atoms with Crippen molar-refractivity contribution >= 4 is 17.5 Å². The van der Waals surface area contributed by atoms with Gasteiger partial charge in [-0.3, -0.25) is 4.79 Å². The van der Waals surface area contributed by atoms with E-state index in [1.807, 2.05) is 13.1 Å². The first-order valence-corrected chi connectivity index (χ1v) is 8.39. The van der Waals surface area contributed by atoms with Gasteiger partial charge in [0.15, 0.2) is 0 Å². The molecule has 7 heteroatoms. The molecular weight excluding hydrogens is 321 g/mol. The Labute approximate surface area is 146 Å². The molecule has 1 aliphatic heterocycles. The molecular formula is C18H22FN5O. The molecule has 0 spiro atoms. The number of aryl methyl sites for hydroxylation is 1. The number of halogens is 1. The number of carbonyl (C=O) groups is 1. The monoisotopic (exact) mass is 343 g/mol. The molecule has 3 rings (SSSR count). The molecule has 25 heavy (non-hydrogen) atoms. The van der Waals surface area contributed by atoms with Crippen LogP contribution in [0.25, 0.3) is 0 Å². The van der Waals surface area contributed by atoms with E-state index in [1.54, 1.807) is 13.0 Å². The lowest BCUT2D eigenvalue weighted by Crippen LogP contribution is -2.40. The van der Waals surface area contributed by atoms with Gasteiger partial charge < -0.3 is 15.5 Å². The van der Waals surface area contributed by atoms with Crippen LogP contribution in [-0.4, -0.2) is 42.1 Å². The third-order valence-electron chi connectivity index (χ3n) is 4.52. The molecule has 1 saturated heterocycles. The fourth-order valence-electron chi connectivity index (χ4n) is 3.13. The molecule has 2 N–H and O–H groups in total. The Bertz CT molecular complexity index is 767. The van der Waals surface area contributed by atoms with Crippen molar-refractivity contribution in [2.75, 3.05) is 30.4 Å². The molecule has 6 nitrogen and oxygen atoms in total. The second-order valence-corrected chi connectivity index (χ2v) is 6.17. The standard InChI is InChI=1S/C18H22FN5O/c1-12-5-6-13(19)8-15(12)18(25)21-10-14-4-3-7-24(14)17-9-16(20-2)22-11-23-17/h5-6,8-9,11,14H,3-4,7,10H2,1-2H3,(H,21,25)(H,20,22,23)/t14-/m0/s1. The summed E-state index contributed by atoms with van der Waals surface area (Å²) in [6.07, 6.45) is 3.55. The van der Waals surface area contributed by atoms with Gasteiger partial charge in [0, 0.05) is 37.8 Å². The summed E-state index contributed by atoms with van der Waals surface area (Å²) in [5.41, 5.74) is 1.14. The zero-order valence-corrected chi connectivity index (χ0v) is 14.4. The molecule has 1 aromatic carbocycles. The number of benzene rings is 1. The number of rotatable bonds is 5. The Kier molecular flexibility index (Phi) is 5.11. The second kappa shape index (κ2) is 7.46. The maximum absolute atomic E-state index is 13.4. The highest BCUT2D eigenvalue weighted by atomic mass is 19.1. The van der Waals surface area contributed by atoms with E-state index in [0.29, 0.717) is 12.1 Å². The van der Waals surface area contributed by atoms with Gasteiger partial charge in [-0.25, -0.2) is 14.4 Å². The van der Waals surface area contributed by atoms with Crippen LogP contribution in [0.5, 0.6) is 0 Å². The summed E-state index contributed by atoms with van der Waals surface area (Å²) in [4.78, 5) is 23.0. The average molecular weight is 343 g/mol. The molecule has 0 bridgehead atoms. The van der Waals surface area contributed by atoms with Gasteiger partial charge in [0.25, 0.3) is 5.91 Å². The van der Waals surface area contributed by atoms with E-state index >= 15 is 0 Å². The van der Waals surface area contributed by atoms with Crippen LogP contribution < -0.4 is 15.5 Å². The highest BCUT2D eigenvalue weighted by molar-refractivity contribution is 5.95. The van der Waals surface area contributed by atoms with E-state index in [0.717, 1.165) is 36.6 Å². The van der Waals surface area contributed by atoms with E-state index < -0.39 is 5.82 Å². The lowest BCUT2D eigenvalue weighted by Gasteiger charge is -2.26. The number of nitrogens with zero attached hydrogens (tertiary/aromatic N) is 3. The smallest absolute Gasteiger partial charge is 0.251 e. The topological polar surface area (TPSA) is 70.2 Å². The van der Waals surface area contributed by atoms with Gasteiger partial charge in [-0.15, -0.1) is 0 Å². The van der Waals surface area contributed by atoms with Crippen LogP contribution in [0.15, 0.2) is 30.6 Å². The summed E-state index contributed by atoms with van der Waals surface area (Å²) < 4.78 is 13.4. The minimum absolute atomic E-state index is 0.164. The molecule has 1 fully saturated rings. The van der Waals surface area contributed by atoms with E-state index in [-0.39, 0.29) is 11.9 Å².